The van der Waals surface area contributed by atoms with Gasteiger partial charge in [0.15, 0.2) is 5.17 Å². The molecule has 1 aliphatic carbocycles. The van der Waals surface area contributed by atoms with Gasteiger partial charge in [-0.25, -0.2) is 4.99 Å². The summed E-state index contributed by atoms with van der Waals surface area (Å²) in [5.74, 6) is 0.341. The number of thioether (sulfide) groups is 1. The summed E-state index contributed by atoms with van der Waals surface area (Å²) in [5, 5.41) is 4.40. The van der Waals surface area contributed by atoms with Gasteiger partial charge in [-0.15, -0.1) is 0 Å². The molecule has 5 rings (SSSR count). The number of nitrogens with zero attached hydrogens (tertiary/aromatic N) is 2. The van der Waals surface area contributed by atoms with Gasteiger partial charge in [0.1, 0.15) is 6.04 Å². The number of anilines is 1. The summed E-state index contributed by atoms with van der Waals surface area (Å²) in [5.41, 5.74) is 6.97. The maximum Gasteiger partial charge on any atom is 0.237 e. The van der Waals surface area contributed by atoms with Crippen molar-refractivity contribution in [3.8, 4) is 0 Å². The molecule has 2 aliphatic rings. The highest BCUT2D eigenvalue weighted by Crippen LogP contribution is 2.42. The normalized spacial score (nSPS) is 18.2. The summed E-state index contributed by atoms with van der Waals surface area (Å²) >= 11 is 8.55. The number of hydrogen-bond donors (Lipinski definition) is 1. The minimum Gasteiger partial charge on any atom is -0.335 e. The lowest BCUT2D eigenvalue weighted by atomic mass is 9.84. The smallest absolute Gasteiger partial charge is 0.237 e. The Morgan fingerprint density at radius 2 is 1.68 bits per heavy atom. The highest BCUT2D eigenvalue weighted by molar-refractivity contribution is 9.10. The van der Waals surface area contributed by atoms with Crippen molar-refractivity contribution in [2.45, 2.75) is 25.3 Å². The van der Waals surface area contributed by atoms with E-state index >= 15 is 0 Å². The summed E-state index contributed by atoms with van der Waals surface area (Å²) in [6.45, 7) is 0. The van der Waals surface area contributed by atoms with Crippen LogP contribution in [0.1, 0.15) is 36.4 Å². The van der Waals surface area contributed by atoms with Gasteiger partial charge in [-0.3, -0.25) is 4.79 Å². The molecule has 1 atom stereocenters. The van der Waals surface area contributed by atoms with Gasteiger partial charge in [-0.2, -0.15) is 0 Å². The van der Waals surface area contributed by atoms with E-state index in [2.05, 4.69) is 91.8 Å². The Labute approximate surface area is 239 Å². The maximum atomic E-state index is 13.0. The van der Waals surface area contributed by atoms with Crippen molar-refractivity contribution in [3.05, 3.63) is 116 Å². The number of benzene rings is 3. The topological polar surface area (TPSA) is 44.7 Å². The zero-order chi connectivity index (χ0) is 25.8. The minimum absolute atomic E-state index is 0.0370. The van der Waals surface area contributed by atoms with Crippen LogP contribution < -0.4 is 10.2 Å². The molecule has 0 saturated carbocycles. The lowest BCUT2D eigenvalue weighted by Gasteiger charge is -2.33. The molecule has 7 heteroatoms. The van der Waals surface area contributed by atoms with E-state index in [1.165, 1.54) is 28.5 Å². The Kier molecular flexibility index (Phi) is 8.33. The van der Waals surface area contributed by atoms with Gasteiger partial charge in [-0.1, -0.05) is 86.1 Å². The number of rotatable bonds is 5. The van der Waals surface area contributed by atoms with Crippen LogP contribution in [-0.2, 0) is 4.79 Å². The molecule has 0 spiro atoms. The molecule has 0 radical (unpaired) electrons. The zero-order valence-electron chi connectivity index (χ0n) is 20.5. The van der Waals surface area contributed by atoms with Crippen molar-refractivity contribution in [2.75, 3.05) is 17.7 Å². The number of carbonyl (C=O) groups excluding carboxylic acids is 1. The van der Waals surface area contributed by atoms with E-state index < -0.39 is 0 Å². The lowest BCUT2D eigenvalue weighted by Crippen LogP contribution is -2.33. The van der Waals surface area contributed by atoms with Crippen LogP contribution in [0, 0.1) is 0 Å². The average molecular weight is 637 g/mol. The van der Waals surface area contributed by atoms with Gasteiger partial charge in [0.05, 0.1) is 5.75 Å². The van der Waals surface area contributed by atoms with Crippen molar-refractivity contribution < 1.29 is 4.79 Å². The van der Waals surface area contributed by atoms with Crippen LogP contribution in [0.25, 0.3) is 6.08 Å². The molecule has 0 bridgehead atoms. The van der Waals surface area contributed by atoms with E-state index in [4.69, 9.17) is 4.99 Å². The van der Waals surface area contributed by atoms with Gasteiger partial charge in [-0.05, 0) is 84.0 Å². The number of para-hydroxylation sites is 1. The third kappa shape index (κ3) is 6.28. The number of halogens is 2. The summed E-state index contributed by atoms with van der Waals surface area (Å²) in [4.78, 5) is 19.8. The average Bonchev–Trinajstić information content (AvgIpc) is 2.93. The molecular formula is C30H27Br2N3OS. The number of amidine groups is 1. The molecule has 3 aromatic rings. The van der Waals surface area contributed by atoms with Crippen LogP contribution in [0.15, 0.2) is 110 Å². The van der Waals surface area contributed by atoms with Gasteiger partial charge in [0, 0.05) is 27.4 Å². The molecule has 1 heterocycles. The number of carbonyl (C=O) groups is 1. The monoisotopic (exact) mass is 635 g/mol. The molecule has 0 aromatic heterocycles. The van der Waals surface area contributed by atoms with Gasteiger partial charge in [0.25, 0.3) is 0 Å². The molecule has 0 fully saturated rings. The van der Waals surface area contributed by atoms with Crippen LogP contribution >= 0.6 is 43.6 Å². The van der Waals surface area contributed by atoms with Gasteiger partial charge >= 0.3 is 0 Å². The zero-order valence-corrected chi connectivity index (χ0v) is 24.4. The summed E-state index contributed by atoms with van der Waals surface area (Å²) in [6.07, 6.45) is 5.36. The van der Waals surface area contributed by atoms with Gasteiger partial charge < -0.3 is 10.2 Å². The number of hydrogen-bond acceptors (Lipinski definition) is 4. The fourth-order valence-corrected chi connectivity index (χ4v) is 5.95. The number of aliphatic imine (C=N–C) groups is 1. The van der Waals surface area contributed by atoms with Crippen LogP contribution in [-0.4, -0.2) is 23.9 Å². The Bertz CT molecular complexity index is 1370. The fourth-order valence-electron chi connectivity index (χ4n) is 4.62. The second-order valence-electron chi connectivity index (χ2n) is 9.07. The van der Waals surface area contributed by atoms with E-state index in [9.17, 15) is 4.79 Å². The molecule has 1 N–H and O–H groups in total. The number of allylic oxidation sites excluding steroid dienone is 1. The second kappa shape index (κ2) is 11.8. The molecular weight excluding hydrogens is 610 g/mol. The molecule has 1 aliphatic heterocycles. The Hall–Kier alpha value is -2.61. The molecule has 4 nitrogen and oxygen atoms in total. The van der Waals surface area contributed by atoms with Crippen molar-refractivity contribution in [1.29, 1.82) is 0 Å². The third-order valence-corrected chi connectivity index (χ3v) is 8.52. The summed E-state index contributed by atoms with van der Waals surface area (Å²) in [6, 6.07) is 26.5. The Balaban J connectivity index is 1.43. The highest BCUT2D eigenvalue weighted by atomic mass is 79.9. The number of nitrogens with one attached hydrogen (secondary N) is 1. The predicted octanol–water partition coefficient (Wildman–Crippen LogP) is 8.13. The lowest BCUT2D eigenvalue weighted by molar-refractivity contribution is -0.115. The van der Waals surface area contributed by atoms with Crippen LogP contribution in [0.3, 0.4) is 0 Å². The third-order valence-electron chi connectivity index (χ3n) is 6.59. The first-order chi connectivity index (χ1) is 18.0. The molecule has 188 valence electrons. The fraction of sp³-hybridized carbons (Fsp3) is 0.200. The van der Waals surface area contributed by atoms with E-state index in [0.29, 0.717) is 5.75 Å². The van der Waals surface area contributed by atoms with Crippen molar-refractivity contribution >= 4 is 66.5 Å². The summed E-state index contributed by atoms with van der Waals surface area (Å²) in [7, 11) is 1.82. The first-order valence-corrected chi connectivity index (χ1v) is 14.8. The molecule has 1 amide bonds. The highest BCUT2D eigenvalue weighted by Gasteiger charge is 2.30. The second-order valence-corrected chi connectivity index (χ2v) is 11.9. The Morgan fingerprint density at radius 1 is 1.00 bits per heavy atom. The predicted molar refractivity (Wildman–Crippen MR) is 163 cm³/mol. The SMILES string of the molecule is CN(C(=O)CSC1=NC(c2ccc(Br)cc2)C2=C(N1)/C(=C/c1ccc(Br)cc1)CCC2)c1ccccc1. The van der Waals surface area contributed by atoms with Crippen molar-refractivity contribution in [3.63, 3.8) is 0 Å². The molecule has 0 saturated heterocycles. The number of amides is 1. The van der Waals surface area contributed by atoms with Gasteiger partial charge in [0.2, 0.25) is 5.91 Å². The van der Waals surface area contributed by atoms with Crippen molar-refractivity contribution in [2.24, 2.45) is 4.99 Å². The van der Waals surface area contributed by atoms with E-state index in [1.54, 1.807) is 4.90 Å². The van der Waals surface area contributed by atoms with E-state index in [1.807, 2.05) is 37.4 Å². The van der Waals surface area contributed by atoms with Crippen LogP contribution in [0.4, 0.5) is 5.69 Å². The standard InChI is InChI=1S/C30H27Br2N3OS/c1-35(25-7-3-2-4-8-25)27(36)19-37-30-33-28(21-12-16-24(32)17-13-21)26-9-5-6-22(29(26)34-30)18-20-10-14-23(31)15-11-20/h2-4,7-8,10-18,28H,5-6,9,19H2,1H3,(H,33,34)/b22-18+. The first-order valence-electron chi connectivity index (χ1n) is 12.2. The Morgan fingerprint density at radius 3 is 2.38 bits per heavy atom. The van der Waals surface area contributed by atoms with Crippen LogP contribution in [0.2, 0.25) is 0 Å². The van der Waals surface area contributed by atoms with Crippen molar-refractivity contribution in [1.82, 2.24) is 5.32 Å². The van der Waals surface area contributed by atoms with Crippen LogP contribution in [0.5, 0.6) is 0 Å². The largest absolute Gasteiger partial charge is 0.335 e. The molecule has 37 heavy (non-hydrogen) atoms. The van der Waals surface area contributed by atoms with E-state index in [-0.39, 0.29) is 11.9 Å². The van der Waals surface area contributed by atoms with E-state index in [0.717, 1.165) is 50.3 Å². The summed E-state index contributed by atoms with van der Waals surface area (Å²) < 4.78 is 2.12. The quantitative estimate of drug-likeness (QED) is 0.308. The molecule has 1 unspecified atom stereocenters. The first kappa shape index (κ1) is 26.0. The maximum absolute atomic E-state index is 13.0. The minimum atomic E-state index is -0.0672. The molecule has 3 aromatic carbocycles.